The average Bonchev–Trinajstić information content (AvgIpc) is 3.22. The van der Waals surface area contributed by atoms with Crippen molar-refractivity contribution in [2.45, 2.75) is 44.6 Å². The van der Waals surface area contributed by atoms with Gasteiger partial charge in [-0.15, -0.1) is 0 Å². The third kappa shape index (κ3) is 4.40. The van der Waals surface area contributed by atoms with Crippen molar-refractivity contribution in [3.8, 4) is 6.07 Å². The summed E-state index contributed by atoms with van der Waals surface area (Å²) < 4.78 is 2.19. The van der Waals surface area contributed by atoms with Crippen molar-refractivity contribution in [1.29, 1.82) is 5.26 Å². The van der Waals surface area contributed by atoms with Gasteiger partial charge in [-0.3, -0.25) is 0 Å². The van der Waals surface area contributed by atoms with Crippen molar-refractivity contribution in [3.63, 3.8) is 0 Å². The quantitative estimate of drug-likeness (QED) is 0.541. The largest absolute Gasteiger partial charge is 0.330 e. The molecule has 0 saturated heterocycles. The fourth-order valence-corrected chi connectivity index (χ4v) is 3.43. The van der Waals surface area contributed by atoms with Crippen LogP contribution in [0.1, 0.15) is 54.8 Å². The molecule has 0 saturated carbocycles. The molecule has 2 atom stereocenters. The van der Waals surface area contributed by atoms with Gasteiger partial charge in [0.25, 0.3) is 0 Å². The molecule has 1 heterocycles. The lowest BCUT2D eigenvalue weighted by Gasteiger charge is -2.19. The molecule has 0 aliphatic heterocycles. The van der Waals surface area contributed by atoms with Gasteiger partial charge < -0.3 is 4.57 Å². The maximum atomic E-state index is 9.19. The molecule has 132 valence electrons. The summed E-state index contributed by atoms with van der Waals surface area (Å²) in [6.07, 6.45) is 9.86. The molecule has 0 aliphatic rings. The third-order valence-electron chi connectivity index (χ3n) is 4.96. The molecule has 2 unspecified atom stereocenters. The molecular weight excluding hydrogens is 318 g/mol. The van der Waals surface area contributed by atoms with Crippen LogP contribution in [0.25, 0.3) is 0 Å². The van der Waals surface area contributed by atoms with Crippen LogP contribution in [0, 0.1) is 11.3 Å². The first-order valence-corrected chi connectivity index (χ1v) is 9.32. The summed E-state index contributed by atoms with van der Waals surface area (Å²) in [6, 6.07) is 21.9. The molecule has 0 bridgehead atoms. The van der Waals surface area contributed by atoms with Crippen LogP contribution in [0.3, 0.4) is 0 Å². The average molecular weight is 343 g/mol. The predicted octanol–water partition coefficient (Wildman–Crippen LogP) is 5.51. The van der Waals surface area contributed by atoms with Gasteiger partial charge in [-0.25, -0.2) is 4.98 Å². The number of benzene rings is 2. The Hall–Kier alpha value is -2.86. The summed E-state index contributed by atoms with van der Waals surface area (Å²) in [4.78, 5) is 4.21. The van der Waals surface area contributed by atoms with Crippen LogP contribution < -0.4 is 0 Å². The molecule has 0 fully saturated rings. The number of nitriles is 1. The highest BCUT2D eigenvalue weighted by Gasteiger charge is 2.13. The Morgan fingerprint density at radius 1 is 1.04 bits per heavy atom. The Bertz CT molecular complexity index is 814. The topological polar surface area (TPSA) is 41.6 Å². The van der Waals surface area contributed by atoms with Crippen molar-refractivity contribution in [2.24, 2.45) is 0 Å². The number of aryl methyl sites for hydroxylation is 1. The number of nitrogens with zero attached hydrogens (tertiary/aromatic N) is 3. The molecule has 2 aromatic carbocycles. The van der Waals surface area contributed by atoms with Gasteiger partial charge in [0.1, 0.15) is 0 Å². The maximum Gasteiger partial charge on any atom is 0.0951 e. The molecule has 3 heteroatoms. The Morgan fingerprint density at radius 3 is 2.42 bits per heavy atom. The van der Waals surface area contributed by atoms with Crippen LogP contribution >= 0.6 is 0 Å². The number of hydrogen-bond donors (Lipinski definition) is 0. The molecule has 0 N–H and O–H groups in total. The molecule has 0 amide bonds. The van der Waals surface area contributed by atoms with Gasteiger partial charge in [0.2, 0.25) is 0 Å². The van der Waals surface area contributed by atoms with Gasteiger partial charge in [0.15, 0.2) is 0 Å². The highest BCUT2D eigenvalue weighted by atomic mass is 15.0. The number of aromatic nitrogens is 2. The monoisotopic (exact) mass is 343 g/mol. The Labute approximate surface area is 155 Å². The number of hydrogen-bond acceptors (Lipinski definition) is 2. The normalized spacial score (nSPS) is 13.1. The first-order valence-electron chi connectivity index (χ1n) is 9.32. The van der Waals surface area contributed by atoms with Crippen LogP contribution in [0.2, 0.25) is 0 Å². The van der Waals surface area contributed by atoms with E-state index in [0.717, 1.165) is 31.2 Å². The van der Waals surface area contributed by atoms with Gasteiger partial charge in [-0.05, 0) is 42.4 Å². The minimum atomic E-state index is 0.00718. The van der Waals surface area contributed by atoms with Crippen molar-refractivity contribution < 1.29 is 0 Å². The molecule has 0 spiro atoms. The van der Waals surface area contributed by atoms with E-state index in [1.807, 2.05) is 18.7 Å². The molecule has 0 aliphatic carbocycles. The van der Waals surface area contributed by atoms with Gasteiger partial charge in [-0.1, -0.05) is 61.5 Å². The van der Waals surface area contributed by atoms with Crippen LogP contribution in [0.15, 0.2) is 73.3 Å². The molecular formula is C23H25N3. The maximum absolute atomic E-state index is 9.19. The molecule has 0 radical (unpaired) electrons. The van der Waals surface area contributed by atoms with Crippen molar-refractivity contribution in [3.05, 3.63) is 90.0 Å². The van der Waals surface area contributed by atoms with E-state index in [9.17, 15) is 5.26 Å². The second-order valence-corrected chi connectivity index (χ2v) is 6.66. The zero-order chi connectivity index (χ0) is 18.2. The van der Waals surface area contributed by atoms with E-state index in [4.69, 9.17) is 0 Å². The number of imidazole rings is 1. The van der Waals surface area contributed by atoms with Crippen LogP contribution in [0.5, 0.6) is 0 Å². The van der Waals surface area contributed by atoms with Crippen molar-refractivity contribution in [2.75, 3.05) is 0 Å². The van der Waals surface area contributed by atoms with Crippen molar-refractivity contribution >= 4 is 0 Å². The fraction of sp³-hybridized carbons (Fsp3) is 0.304. The zero-order valence-corrected chi connectivity index (χ0v) is 15.3. The van der Waals surface area contributed by atoms with E-state index in [0.29, 0.717) is 6.04 Å². The minimum Gasteiger partial charge on any atom is -0.330 e. The first-order chi connectivity index (χ1) is 12.8. The smallest absolute Gasteiger partial charge is 0.0951 e. The van der Waals surface area contributed by atoms with E-state index in [2.05, 4.69) is 77.1 Å². The van der Waals surface area contributed by atoms with E-state index in [-0.39, 0.29) is 5.92 Å². The minimum absolute atomic E-state index is 0.00718. The lowest BCUT2D eigenvalue weighted by Crippen LogP contribution is -2.09. The summed E-state index contributed by atoms with van der Waals surface area (Å²) in [5.74, 6) is 0.00718. The summed E-state index contributed by atoms with van der Waals surface area (Å²) in [5.41, 5.74) is 3.78. The van der Waals surface area contributed by atoms with Gasteiger partial charge in [-0.2, -0.15) is 5.26 Å². The van der Waals surface area contributed by atoms with Crippen LogP contribution in [0.4, 0.5) is 0 Å². The summed E-state index contributed by atoms with van der Waals surface area (Å²) in [7, 11) is 0. The fourth-order valence-electron chi connectivity index (χ4n) is 3.43. The highest BCUT2D eigenvalue weighted by molar-refractivity contribution is 5.29. The second-order valence-electron chi connectivity index (χ2n) is 6.66. The Morgan fingerprint density at radius 2 is 1.81 bits per heavy atom. The predicted molar refractivity (Wildman–Crippen MR) is 105 cm³/mol. The second kappa shape index (κ2) is 9.01. The highest BCUT2D eigenvalue weighted by Crippen LogP contribution is 2.25. The molecule has 26 heavy (non-hydrogen) atoms. The Balaban J connectivity index is 1.63. The first kappa shape index (κ1) is 17.9. The van der Waals surface area contributed by atoms with Crippen molar-refractivity contribution in [1.82, 2.24) is 9.55 Å². The molecule has 3 rings (SSSR count). The van der Waals surface area contributed by atoms with Gasteiger partial charge in [0, 0.05) is 12.4 Å². The van der Waals surface area contributed by atoms with Gasteiger partial charge in [0.05, 0.1) is 24.4 Å². The Kier molecular flexibility index (Phi) is 6.22. The summed E-state index contributed by atoms with van der Waals surface area (Å²) in [5, 5.41) is 9.19. The SMILES string of the molecule is CCC(C#N)c1ccc(CCCC(c2ccccc2)n2ccnc2)cc1. The van der Waals surface area contributed by atoms with E-state index >= 15 is 0 Å². The van der Waals surface area contributed by atoms with E-state index < -0.39 is 0 Å². The van der Waals surface area contributed by atoms with Crippen LogP contribution in [-0.4, -0.2) is 9.55 Å². The lowest BCUT2D eigenvalue weighted by molar-refractivity contribution is 0.519. The van der Waals surface area contributed by atoms with E-state index in [1.54, 1.807) is 0 Å². The lowest BCUT2D eigenvalue weighted by atomic mass is 9.95. The number of rotatable bonds is 8. The van der Waals surface area contributed by atoms with Crippen LogP contribution in [-0.2, 0) is 6.42 Å². The van der Waals surface area contributed by atoms with E-state index in [1.165, 1.54) is 11.1 Å². The third-order valence-corrected chi connectivity index (χ3v) is 4.96. The summed E-state index contributed by atoms with van der Waals surface area (Å²) in [6.45, 7) is 2.06. The summed E-state index contributed by atoms with van der Waals surface area (Å²) >= 11 is 0. The zero-order valence-electron chi connectivity index (χ0n) is 15.3. The molecule has 1 aromatic heterocycles. The standard InChI is InChI=1S/C23H25N3/c1-2-20(17-24)21-13-11-19(12-14-21)7-6-10-23(26-16-15-25-18-26)22-8-4-3-5-9-22/h3-5,8-9,11-16,18,20,23H,2,6-7,10H2,1H3. The molecule has 3 nitrogen and oxygen atoms in total. The molecule has 3 aromatic rings. The van der Waals surface area contributed by atoms with Gasteiger partial charge >= 0.3 is 0 Å².